The standard InChI is InChI=1S/C8H11ClN2O.ClH/c1-5-3-6(4-10)11-8(9)7(5)12-2;/h3H,4,10H2,1-2H3;1H. The van der Waals surface area contributed by atoms with Crippen molar-refractivity contribution in [2.75, 3.05) is 7.11 Å². The zero-order valence-electron chi connectivity index (χ0n) is 7.50. The van der Waals surface area contributed by atoms with E-state index >= 15 is 0 Å². The van der Waals surface area contributed by atoms with Gasteiger partial charge in [0.15, 0.2) is 10.9 Å². The maximum atomic E-state index is 5.82. The molecule has 3 nitrogen and oxygen atoms in total. The number of pyridine rings is 1. The van der Waals surface area contributed by atoms with Gasteiger partial charge in [-0.2, -0.15) is 0 Å². The first-order valence-corrected chi connectivity index (χ1v) is 3.97. The number of methoxy groups -OCH3 is 1. The molecule has 0 amide bonds. The van der Waals surface area contributed by atoms with E-state index in [1.807, 2.05) is 13.0 Å². The number of aromatic nitrogens is 1. The molecule has 74 valence electrons. The third-order valence-electron chi connectivity index (χ3n) is 1.58. The molecule has 0 saturated heterocycles. The molecule has 0 aromatic carbocycles. The van der Waals surface area contributed by atoms with E-state index in [0.29, 0.717) is 17.4 Å². The molecule has 1 aromatic rings. The van der Waals surface area contributed by atoms with Gasteiger partial charge in [-0.15, -0.1) is 12.4 Å². The van der Waals surface area contributed by atoms with E-state index in [9.17, 15) is 0 Å². The van der Waals surface area contributed by atoms with Gasteiger partial charge in [0.1, 0.15) is 0 Å². The molecule has 1 heterocycles. The Morgan fingerprint density at radius 3 is 2.62 bits per heavy atom. The molecule has 0 aliphatic carbocycles. The van der Waals surface area contributed by atoms with Crippen LogP contribution in [0.25, 0.3) is 0 Å². The number of rotatable bonds is 2. The van der Waals surface area contributed by atoms with Crippen molar-refractivity contribution in [3.8, 4) is 5.75 Å². The van der Waals surface area contributed by atoms with Crippen LogP contribution in [0.1, 0.15) is 11.3 Å². The minimum atomic E-state index is 0. The van der Waals surface area contributed by atoms with Gasteiger partial charge in [-0.05, 0) is 18.6 Å². The average Bonchev–Trinajstić information content (AvgIpc) is 2.03. The SMILES string of the molecule is COc1c(C)cc(CN)nc1Cl.Cl. The van der Waals surface area contributed by atoms with Crippen LogP contribution < -0.4 is 10.5 Å². The fourth-order valence-electron chi connectivity index (χ4n) is 1.04. The van der Waals surface area contributed by atoms with Gasteiger partial charge in [-0.25, -0.2) is 4.98 Å². The largest absolute Gasteiger partial charge is 0.493 e. The highest BCUT2D eigenvalue weighted by Crippen LogP contribution is 2.26. The van der Waals surface area contributed by atoms with Gasteiger partial charge in [-0.3, -0.25) is 0 Å². The maximum Gasteiger partial charge on any atom is 0.171 e. The summed E-state index contributed by atoms with van der Waals surface area (Å²) in [6.45, 7) is 2.30. The molecule has 0 saturated carbocycles. The van der Waals surface area contributed by atoms with Gasteiger partial charge in [0.25, 0.3) is 0 Å². The molecule has 0 radical (unpaired) electrons. The van der Waals surface area contributed by atoms with Gasteiger partial charge in [0, 0.05) is 6.54 Å². The third-order valence-corrected chi connectivity index (χ3v) is 1.84. The normalized spacial score (nSPS) is 9.23. The van der Waals surface area contributed by atoms with E-state index in [-0.39, 0.29) is 12.4 Å². The van der Waals surface area contributed by atoms with E-state index < -0.39 is 0 Å². The lowest BCUT2D eigenvalue weighted by atomic mass is 10.2. The number of hydrogen-bond donors (Lipinski definition) is 1. The molecule has 1 rings (SSSR count). The molecule has 0 unspecified atom stereocenters. The first kappa shape index (κ1) is 12.5. The van der Waals surface area contributed by atoms with Crippen molar-refractivity contribution in [2.24, 2.45) is 5.73 Å². The van der Waals surface area contributed by atoms with Gasteiger partial charge < -0.3 is 10.5 Å². The first-order valence-electron chi connectivity index (χ1n) is 3.59. The van der Waals surface area contributed by atoms with Crippen LogP contribution in [-0.4, -0.2) is 12.1 Å². The number of halogens is 2. The lowest BCUT2D eigenvalue weighted by Crippen LogP contribution is -2.01. The second-order valence-electron chi connectivity index (χ2n) is 2.46. The monoisotopic (exact) mass is 222 g/mol. The van der Waals surface area contributed by atoms with Gasteiger partial charge in [0.2, 0.25) is 0 Å². The van der Waals surface area contributed by atoms with E-state index in [2.05, 4.69) is 4.98 Å². The second kappa shape index (κ2) is 5.27. The Hall–Kier alpha value is -0.510. The molecule has 13 heavy (non-hydrogen) atoms. The predicted octanol–water partition coefficient (Wildman–Crippen LogP) is 1.93. The highest BCUT2D eigenvalue weighted by atomic mass is 35.5. The van der Waals surface area contributed by atoms with E-state index in [1.54, 1.807) is 7.11 Å². The van der Waals surface area contributed by atoms with Crippen LogP contribution in [0.5, 0.6) is 5.75 Å². The summed E-state index contributed by atoms with van der Waals surface area (Å²) in [5, 5.41) is 0.373. The topological polar surface area (TPSA) is 48.1 Å². The zero-order valence-corrected chi connectivity index (χ0v) is 9.08. The van der Waals surface area contributed by atoms with Crippen LogP contribution in [0.2, 0.25) is 5.15 Å². The van der Waals surface area contributed by atoms with Crippen LogP contribution in [0, 0.1) is 6.92 Å². The van der Waals surface area contributed by atoms with Crippen molar-refractivity contribution in [3.63, 3.8) is 0 Å². The predicted molar refractivity (Wildman–Crippen MR) is 55.7 cm³/mol. The lowest BCUT2D eigenvalue weighted by Gasteiger charge is -2.07. The van der Waals surface area contributed by atoms with Gasteiger partial charge in [0.05, 0.1) is 12.8 Å². The molecule has 0 spiro atoms. The van der Waals surface area contributed by atoms with Crippen molar-refractivity contribution in [3.05, 3.63) is 22.5 Å². The van der Waals surface area contributed by atoms with Crippen LogP contribution in [-0.2, 0) is 6.54 Å². The van der Waals surface area contributed by atoms with Crippen LogP contribution in [0.3, 0.4) is 0 Å². The summed E-state index contributed by atoms with van der Waals surface area (Å²) in [6.07, 6.45) is 0. The Morgan fingerprint density at radius 1 is 1.62 bits per heavy atom. The van der Waals surface area contributed by atoms with Crippen molar-refractivity contribution in [2.45, 2.75) is 13.5 Å². The number of hydrogen-bond acceptors (Lipinski definition) is 3. The average molecular weight is 223 g/mol. The summed E-state index contributed by atoms with van der Waals surface area (Å²) >= 11 is 5.82. The molecule has 0 bridgehead atoms. The molecule has 1 aromatic heterocycles. The quantitative estimate of drug-likeness (QED) is 0.779. The number of nitrogens with two attached hydrogens (primary N) is 1. The molecule has 2 N–H and O–H groups in total. The lowest BCUT2D eigenvalue weighted by molar-refractivity contribution is 0.409. The van der Waals surface area contributed by atoms with Gasteiger partial charge >= 0.3 is 0 Å². The van der Waals surface area contributed by atoms with Crippen LogP contribution in [0.15, 0.2) is 6.07 Å². The smallest absolute Gasteiger partial charge is 0.171 e. The van der Waals surface area contributed by atoms with E-state index in [1.165, 1.54) is 0 Å². The zero-order chi connectivity index (χ0) is 9.14. The Morgan fingerprint density at radius 2 is 2.23 bits per heavy atom. The summed E-state index contributed by atoms with van der Waals surface area (Å²) in [5.74, 6) is 0.619. The second-order valence-corrected chi connectivity index (χ2v) is 2.82. The van der Waals surface area contributed by atoms with Crippen molar-refractivity contribution < 1.29 is 4.74 Å². The highest BCUT2D eigenvalue weighted by molar-refractivity contribution is 6.30. The number of aryl methyl sites for hydroxylation is 1. The molecule has 0 atom stereocenters. The highest BCUT2D eigenvalue weighted by Gasteiger charge is 2.06. The summed E-state index contributed by atoms with van der Waals surface area (Å²) < 4.78 is 5.04. The summed E-state index contributed by atoms with van der Waals surface area (Å²) in [7, 11) is 1.57. The minimum Gasteiger partial charge on any atom is -0.493 e. The number of ether oxygens (including phenoxy) is 1. The summed E-state index contributed by atoms with van der Waals surface area (Å²) in [6, 6.07) is 1.87. The maximum absolute atomic E-state index is 5.82. The van der Waals surface area contributed by atoms with Crippen molar-refractivity contribution in [1.82, 2.24) is 4.98 Å². The van der Waals surface area contributed by atoms with E-state index in [4.69, 9.17) is 22.1 Å². The van der Waals surface area contributed by atoms with Crippen molar-refractivity contribution in [1.29, 1.82) is 0 Å². The molecule has 0 aliphatic heterocycles. The summed E-state index contributed by atoms with van der Waals surface area (Å²) in [4.78, 5) is 4.04. The Balaban J connectivity index is 0.00000144. The fraction of sp³-hybridized carbons (Fsp3) is 0.375. The molecule has 0 aliphatic rings. The molecular formula is C8H12Cl2N2O. The van der Waals surface area contributed by atoms with Crippen LogP contribution >= 0.6 is 24.0 Å². The Labute approximate surface area is 88.7 Å². The van der Waals surface area contributed by atoms with Gasteiger partial charge in [-0.1, -0.05) is 11.6 Å². The molecule has 0 fully saturated rings. The van der Waals surface area contributed by atoms with E-state index in [0.717, 1.165) is 11.3 Å². The summed E-state index contributed by atoms with van der Waals surface area (Å²) in [5.41, 5.74) is 7.15. The number of nitrogens with zero attached hydrogens (tertiary/aromatic N) is 1. The molecular weight excluding hydrogens is 211 g/mol. The molecule has 5 heteroatoms. The minimum absolute atomic E-state index is 0. The van der Waals surface area contributed by atoms with Crippen molar-refractivity contribution >= 4 is 24.0 Å². The Bertz CT molecular complexity index is 268. The van der Waals surface area contributed by atoms with Crippen LogP contribution in [0.4, 0.5) is 0 Å². The Kier molecular flexibility index (Phi) is 5.06. The third kappa shape index (κ3) is 2.72. The fourth-order valence-corrected chi connectivity index (χ4v) is 1.37. The first-order chi connectivity index (χ1) is 5.69.